The molecule has 0 aliphatic heterocycles. The van der Waals surface area contributed by atoms with Gasteiger partial charge < -0.3 is 5.11 Å². The molecule has 0 amide bonds. The molecule has 27 heavy (non-hydrogen) atoms. The maximum absolute atomic E-state index is 12.3. The number of Topliss-reactive ketones (excluding diaryl/α,β-unsaturated/α-hetero) is 1. The Morgan fingerprint density at radius 3 is 2.52 bits per heavy atom. The van der Waals surface area contributed by atoms with E-state index < -0.39 is 26.9 Å². The summed E-state index contributed by atoms with van der Waals surface area (Å²) in [6.07, 6.45) is 6.73. The third kappa shape index (κ3) is 2.70. The topological polar surface area (TPSA) is 91.7 Å². The second-order valence-corrected chi connectivity index (χ2v) is 11.6. The van der Waals surface area contributed by atoms with Crippen molar-refractivity contribution in [2.45, 2.75) is 77.1 Å². The van der Waals surface area contributed by atoms with E-state index in [1.54, 1.807) is 6.92 Å². The molecule has 0 aromatic rings. The quantitative estimate of drug-likeness (QED) is 0.551. The van der Waals surface area contributed by atoms with E-state index in [-0.39, 0.29) is 29.5 Å². The first kappa shape index (κ1) is 19.6. The van der Waals surface area contributed by atoms with Gasteiger partial charge in [0.2, 0.25) is 0 Å². The van der Waals surface area contributed by atoms with Gasteiger partial charge in [0.15, 0.2) is 0 Å². The first-order valence-corrected chi connectivity index (χ1v) is 11.8. The zero-order chi connectivity index (χ0) is 19.8. The number of allylic oxidation sites excluding steroid dienone is 1. The first-order valence-electron chi connectivity index (χ1n) is 10.3. The second kappa shape index (κ2) is 6.14. The summed E-state index contributed by atoms with van der Waals surface area (Å²) in [5, 5.41) is 9.28. The smallest absolute Gasteiger partial charge is 0.268 e. The number of ketones is 1. The fraction of sp³-hybridized carbons (Fsp3) is 0.857. The van der Waals surface area contributed by atoms with Crippen molar-refractivity contribution in [2.24, 2.45) is 34.5 Å². The van der Waals surface area contributed by atoms with E-state index in [4.69, 9.17) is 0 Å². The Hall–Kier alpha value is -0.720. The van der Waals surface area contributed by atoms with Gasteiger partial charge in [-0.15, -0.1) is 0 Å². The van der Waals surface area contributed by atoms with Crippen LogP contribution in [0.3, 0.4) is 0 Å². The molecule has 6 heteroatoms. The molecular formula is C21H32O5S. The van der Waals surface area contributed by atoms with Gasteiger partial charge >= 0.3 is 0 Å². The van der Waals surface area contributed by atoms with Crippen molar-refractivity contribution in [3.05, 3.63) is 11.6 Å². The number of hydrogen-bond donors (Lipinski definition) is 2. The van der Waals surface area contributed by atoms with Gasteiger partial charge in [-0.05, 0) is 75.0 Å². The number of aliphatic hydroxyl groups excluding tert-OH is 1. The molecule has 3 saturated carbocycles. The SMILES string of the molecule is CC(=O)C1CCC2C3CC=C4CC(O)CC(S(=O)(=O)O)C4(C)C3CCC12C. The molecule has 0 aromatic heterocycles. The van der Waals surface area contributed by atoms with E-state index in [1.807, 2.05) is 6.92 Å². The zero-order valence-corrected chi connectivity index (χ0v) is 17.3. The van der Waals surface area contributed by atoms with E-state index in [0.29, 0.717) is 18.3 Å². The molecule has 5 nitrogen and oxygen atoms in total. The van der Waals surface area contributed by atoms with Crippen LogP contribution < -0.4 is 0 Å². The third-order valence-electron chi connectivity index (χ3n) is 9.00. The molecule has 2 N–H and O–H groups in total. The normalized spacial score (nSPS) is 49.6. The average Bonchev–Trinajstić information content (AvgIpc) is 2.91. The van der Waals surface area contributed by atoms with Gasteiger partial charge in [0, 0.05) is 11.3 Å². The average molecular weight is 397 g/mol. The summed E-state index contributed by atoms with van der Waals surface area (Å²) in [5.41, 5.74) is 0.400. The summed E-state index contributed by atoms with van der Waals surface area (Å²) in [4.78, 5) is 12.2. The van der Waals surface area contributed by atoms with Crippen LogP contribution in [0.15, 0.2) is 11.6 Å². The van der Waals surface area contributed by atoms with Gasteiger partial charge in [-0.2, -0.15) is 8.42 Å². The maximum atomic E-state index is 12.3. The summed E-state index contributed by atoms with van der Waals surface area (Å²) in [6, 6.07) is 0. The fourth-order valence-corrected chi connectivity index (χ4v) is 9.18. The maximum Gasteiger partial charge on any atom is 0.268 e. The highest BCUT2D eigenvalue weighted by Gasteiger charge is 2.62. The monoisotopic (exact) mass is 396 g/mol. The van der Waals surface area contributed by atoms with E-state index in [2.05, 4.69) is 13.0 Å². The Bertz CT molecular complexity index is 786. The number of hydrogen-bond acceptors (Lipinski definition) is 4. The molecule has 8 unspecified atom stereocenters. The zero-order valence-electron chi connectivity index (χ0n) is 16.5. The van der Waals surface area contributed by atoms with Crippen molar-refractivity contribution < 1.29 is 22.9 Å². The number of rotatable bonds is 2. The van der Waals surface area contributed by atoms with Crippen LogP contribution in [0, 0.1) is 34.5 Å². The van der Waals surface area contributed by atoms with Crippen LogP contribution in [0.25, 0.3) is 0 Å². The van der Waals surface area contributed by atoms with Crippen molar-refractivity contribution in [2.75, 3.05) is 0 Å². The highest BCUT2D eigenvalue weighted by atomic mass is 32.2. The fourth-order valence-electron chi connectivity index (χ4n) is 7.77. The molecule has 152 valence electrons. The molecule has 0 saturated heterocycles. The number of aliphatic hydroxyl groups is 1. The van der Waals surface area contributed by atoms with Crippen molar-refractivity contribution in [3.63, 3.8) is 0 Å². The van der Waals surface area contributed by atoms with Crippen molar-refractivity contribution in [1.29, 1.82) is 0 Å². The molecule has 0 heterocycles. The lowest BCUT2D eigenvalue weighted by Crippen LogP contribution is -2.57. The minimum Gasteiger partial charge on any atom is -0.393 e. The number of fused-ring (bicyclic) bond motifs is 5. The Kier molecular flexibility index (Phi) is 4.45. The lowest BCUT2D eigenvalue weighted by Gasteiger charge is -2.59. The Morgan fingerprint density at radius 2 is 1.89 bits per heavy atom. The highest BCUT2D eigenvalue weighted by molar-refractivity contribution is 7.86. The Labute approximate surface area is 162 Å². The molecule has 4 rings (SSSR count). The predicted octanol–water partition coefficient (Wildman–Crippen LogP) is 3.38. The van der Waals surface area contributed by atoms with Gasteiger partial charge in [-0.25, -0.2) is 0 Å². The Balaban J connectivity index is 1.76. The summed E-state index contributed by atoms with van der Waals surface area (Å²) in [6.45, 7) is 5.97. The molecule has 0 aromatic carbocycles. The summed E-state index contributed by atoms with van der Waals surface area (Å²) < 4.78 is 34.5. The molecule has 0 spiro atoms. The van der Waals surface area contributed by atoms with Gasteiger partial charge in [-0.3, -0.25) is 9.35 Å². The first-order chi connectivity index (χ1) is 12.5. The molecule has 4 aliphatic carbocycles. The molecular weight excluding hydrogens is 364 g/mol. The van der Waals surface area contributed by atoms with E-state index >= 15 is 0 Å². The van der Waals surface area contributed by atoms with Crippen LogP contribution >= 0.6 is 0 Å². The second-order valence-electron chi connectivity index (χ2n) is 10.0. The van der Waals surface area contributed by atoms with Gasteiger partial charge in [-0.1, -0.05) is 25.5 Å². The largest absolute Gasteiger partial charge is 0.393 e. The van der Waals surface area contributed by atoms with Crippen LogP contribution in [0.4, 0.5) is 0 Å². The standard InChI is InChI=1S/C21H32O5S/c1-12(22)16-6-7-17-15-5-4-13-10-14(23)11-19(27(24,25)26)21(13,3)18(15)8-9-20(16,17)2/h4,14-19,23H,5-11H2,1-3H3,(H,24,25,26). The lowest BCUT2D eigenvalue weighted by atomic mass is 9.47. The third-order valence-corrected chi connectivity index (χ3v) is 10.4. The van der Waals surface area contributed by atoms with E-state index in [0.717, 1.165) is 37.7 Å². The molecule has 8 atom stereocenters. The van der Waals surface area contributed by atoms with Crippen molar-refractivity contribution in [1.82, 2.24) is 0 Å². The highest BCUT2D eigenvalue weighted by Crippen LogP contribution is 2.66. The van der Waals surface area contributed by atoms with E-state index in [1.165, 1.54) is 0 Å². The van der Waals surface area contributed by atoms with Crippen molar-refractivity contribution >= 4 is 15.9 Å². The van der Waals surface area contributed by atoms with Crippen LogP contribution in [0.1, 0.15) is 65.7 Å². The Morgan fingerprint density at radius 1 is 1.19 bits per heavy atom. The minimum atomic E-state index is -4.25. The molecule has 4 aliphatic rings. The molecule has 0 radical (unpaired) electrons. The van der Waals surface area contributed by atoms with E-state index in [9.17, 15) is 22.9 Å². The van der Waals surface area contributed by atoms with Crippen LogP contribution in [0.5, 0.6) is 0 Å². The summed E-state index contributed by atoms with van der Waals surface area (Å²) in [7, 11) is -4.25. The van der Waals surface area contributed by atoms with Crippen LogP contribution in [-0.4, -0.2) is 35.2 Å². The molecule has 3 fully saturated rings. The van der Waals surface area contributed by atoms with Gasteiger partial charge in [0.05, 0.1) is 11.4 Å². The molecule has 0 bridgehead atoms. The van der Waals surface area contributed by atoms with Gasteiger partial charge in [0.25, 0.3) is 10.1 Å². The summed E-state index contributed by atoms with van der Waals surface area (Å²) in [5.74, 6) is 1.36. The minimum absolute atomic E-state index is 0.0104. The van der Waals surface area contributed by atoms with Crippen LogP contribution in [-0.2, 0) is 14.9 Å². The predicted molar refractivity (Wildman–Crippen MR) is 103 cm³/mol. The summed E-state index contributed by atoms with van der Waals surface area (Å²) >= 11 is 0. The van der Waals surface area contributed by atoms with Crippen LogP contribution in [0.2, 0.25) is 0 Å². The number of carbonyl (C=O) groups is 1. The van der Waals surface area contributed by atoms with Crippen molar-refractivity contribution in [3.8, 4) is 0 Å². The lowest BCUT2D eigenvalue weighted by molar-refractivity contribution is -0.127. The van der Waals surface area contributed by atoms with Gasteiger partial charge in [0.1, 0.15) is 5.78 Å². The number of carbonyl (C=O) groups excluding carboxylic acids is 1.